The van der Waals surface area contributed by atoms with Crippen molar-refractivity contribution in [3.05, 3.63) is 0 Å². The van der Waals surface area contributed by atoms with Crippen LogP contribution in [-0.4, -0.2) is 46.3 Å². The number of ether oxygens (including phenoxy) is 2. The predicted octanol–water partition coefficient (Wildman–Crippen LogP) is 4.64. The molecule has 1 aliphatic heterocycles. The van der Waals surface area contributed by atoms with Gasteiger partial charge in [0.15, 0.2) is 0 Å². The Kier molecular flexibility index (Phi) is 7.92. The van der Waals surface area contributed by atoms with Gasteiger partial charge in [0.25, 0.3) is 0 Å². The van der Waals surface area contributed by atoms with E-state index in [1.165, 1.54) is 6.42 Å². The lowest BCUT2D eigenvalue weighted by Gasteiger charge is -2.42. The molecule has 0 radical (unpaired) electrons. The zero-order valence-corrected chi connectivity index (χ0v) is 16.9. The van der Waals surface area contributed by atoms with Crippen LogP contribution in [0.1, 0.15) is 60.3 Å². The average molecular weight is 425 g/mol. The number of carbonyl (C=O) groups excluding carboxylic acids is 1. The molecule has 22 heavy (non-hydrogen) atoms. The van der Waals surface area contributed by atoms with Crippen molar-refractivity contribution in [2.24, 2.45) is 5.92 Å². The van der Waals surface area contributed by atoms with Crippen molar-refractivity contribution in [2.45, 2.75) is 71.5 Å². The van der Waals surface area contributed by atoms with Crippen LogP contribution in [0.25, 0.3) is 0 Å². The lowest BCUT2D eigenvalue weighted by atomic mass is 9.95. The third-order valence-electron chi connectivity index (χ3n) is 3.77. The standard InChI is InChI=1S/C17H32INO3/c1-14(2)8-6-11-21-17(12-18)9-7-10-19(13-17)15(20)22-16(3,4)5/h14H,6-13H2,1-5H3. The fraction of sp³-hybridized carbons (Fsp3) is 0.941. The number of piperidine rings is 1. The first-order valence-corrected chi connectivity index (χ1v) is 9.88. The molecule has 4 nitrogen and oxygen atoms in total. The molecule has 1 aliphatic rings. The molecule has 1 rings (SSSR count). The highest BCUT2D eigenvalue weighted by molar-refractivity contribution is 14.1. The van der Waals surface area contributed by atoms with Gasteiger partial charge >= 0.3 is 6.09 Å². The minimum Gasteiger partial charge on any atom is -0.444 e. The molecular formula is C17H32INO3. The van der Waals surface area contributed by atoms with Crippen molar-refractivity contribution >= 4 is 28.7 Å². The Balaban J connectivity index is 2.55. The molecule has 0 aliphatic carbocycles. The smallest absolute Gasteiger partial charge is 0.410 e. The largest absolute Gasteiger partial charge is 0.444 e. The van der Waals surface area contributed by atoms with Gasteiger partial charge < -0.3 is 14.4 Å². The van der Waals surface area contributed by atoms with E-state index in [-0.39, 0.29) is 11.7 Å². The second kappa shape index (κ2) is 8.71. The summed E-state index contributed by atoms with van der Waals surface area (Å²) in [6.45, 7) is 12.4. The molecule has 0 N–H and O–H groups in total. The molecule has 1 saturated heterocycles. The molecule has 130 valence electrons. The van der Waals surface area contributed by atoms with Crippen molar-refractivity contribution in [1.82, 2.24) is 4.90 Å². The van der Waals surface area contributed by atoms with E-state index in [2.05, 4.69) is 36.4 Å². The second-order valence-corrected chi connectivity index (χ2v) is 8.47. The van der Waals surface area contributed by atoms with Crippen LogP contribution in [0.4, 0.5) is 4.79 Å². The summed E-state index contributed by atoms with van der Waals surface area (Å²) in [5, 5.41) is 0. The molecule has 1 heterocycles. The predicted molar refractivity (Wildman–Crippen MR) is 98.7 cm³/mol. The topological polar surface area (TPSA) is 38.8 Å². The van der Waals surface area contributed by atoms with Gasteiger partial charge in [0.1, 0.15) is 5.60 Å². The Morgan fingerprint density at radius 1 is 1.36 bits per heavy atom. The van der Waals surface area contributed by atoms with Gasteiger partial charge in [0.2, 0.25) is 0 Å². The first kappa shape index (κ1) is 20.0. The average Bonchev–Trinajstić information content (AvgIpc) is 2.42. The summed E-state index contributed by atoms with van der Waals surface area (Å²) in [5.74, 6) is 0.712. The number of alkyl halides is 1. The summed E-state index contributed by atoms with van der Waals surface area (Å²) in [5.41, 5.74) is -0.646. The van der Waals surface area contributed by atoms with Gasteiger partial charge in [-0.05, 0) is 52.4 Å². The number of amides is 1. The summed E-state index contributed by atoms with van der Waals surface area (Å²) in [4.78, 5) is 14.1. The fourth-order valence-electron chi connectivity index (χ4n) is 2.63. The van der Waals surface area contributed by atoms with Crippen LogP contribution in [0.5, 0.6) is 0 Å². The fourth-order valence-corrected chi connectivity index (χ4v) is 3.47. The Hall–Kier alpha value is -0.0400. The number of hydrogen-bond donors (Lipinski definition) is 0. The van der Waals surface area contributed by atoms with Crippen molar-refractivity contribution in [3.63, 3.8) is 0 Å². The van der Waals surface area contributed by atoms with Crippen LogP contribution in [0, 0.1) is 5.92 Å². The minimum atomic E-state index is -0.445. The maximum Gasteiger partial charge on any atom is 0.410 e. The van der Waals surface area contributed by atoms with Crippen LogP contribution in [0.15, 0.2) is 0 Å². The molecule has 0 saturated carbocycles. The number of likely N-dealkylation sites (tertiary alicyclic amines) is 1. The number of hydrogen-bond acceptors (Lipinski definition) is 3. The third kappa shape index (κ3) is 7.02. The van der Waals surface area contributed by atoms with Gasteiger partial charge in [-0.1, -0.05) is 36.4 Å². The third-order valence-corrected chi connectivity index (χ3v) is 5.16. The van der Waals surface area contributed by atoms with E-state index in [1.54, 1.807) is 0 Å². The SMILES string of the molecule is CC(C)CCCOC1(CI)CCCN(C(=O)OC(C)(C)C)C1. The molecular weight excluding hydrogens is 393 g/mol. The van der Waals surface area contributed by atoms with Gasteiger partial charge in [-0.25, -0.2) is 4.79 Å². The molecule has 1 atom stereocenters. The Morgan fingerprint density at radius 2 is 2.05 bits per heavy atom. The number of halogens is 1. The normalized spacial score (nSPS) is 23.0. The highest BCUT2D eigenvalue weighted by atomic mass is 127. The van der Waals surface area contributed by atoms with Crippen LogP contribution < -0.4 is 0 Å². The quantitative estimate of drug-likeness (QED) is 0.354. The van der Waals surface area contributed by atoms with E-state index in [0.717, 1.165) is 36.8 Å². The Bertz CT molecular complexity index is 354. The Morgan fingerprint density at radius 3 is 2.59 bits per heavy atom. The molecule has 1 amide bonds. The van der Waals surface area contributed by atoms with Crippen LogP contribution in [-0.2, 0) is 9.47 Å². The highest BCUT2D eigenvalue weighted by Crippen LogP contribution is 2.29. The summed E-state index contributed by atoms with van der Waals surface area (Å²) in [7, 11) is 0. The summed E-state index contributed by atoms with van der Waals surface area (Å²) in [6, 6.07) is 0. The van der Waals surface area contributed by atoms with E-state index in [4.69, 9.17) is 9.47 Å². The monoisotopic (exact) mass is 425 g/mol. The number of carbonyl (C=O) groups is 1. The van der Waals surface area contributed by atoms with Crippen molar-refractivity contribution in [3.8, 4) is 0 Å². The van der Waals surface area contributed by atoms with Gasteiger partial charge in [-0.3, -0.25) is 0 Å². The maximum absolute atomic E-state index is 12.3. The maximum atomic E-state index is 12.3. The minimum absolute atomic E-state index is 0.202. The zero-order valence-electron chi connectivity index (χ0n) is 14.8. The molecule has 0 spiro atoms. The van der Waals surface area contributed by atoms with Gasteiger partial charge in [-0.15, -0.1) is 0 Å². The van der Waals surface area contributed by atoms with E-state index in [9.17, 15) is 4.79 Å². The van der Waals surface area contributed by atoms with E-state index in [0.29, 0.717) is 12.5 Å². The number of nitrogens with zero attached hydrogens (tertiary/aromatic N) is 1. The van der Waals surface area contributed by atoms with Crippen LogP contribution in [0.2, 0.25) is 0 Å². The number of rotatable bonds is 6. The molecule has 1 fully saturated rings. The molecule has 0 aromatic rings. The van der Waals surface area contributed by atoms with Crippen molar-refractivity contribution in [2.75, 3.05) is 24.1 Å². The zero-order chi connectivity index (χ0) is 16.8. The summed E-state index contributed by atoms with van der Waals surface area (Å²) >= 11 is 2.38. The second-order valence-electron chi connectivity index (χ2n) is 7.71. The molecule has 5 heteroatoms. The van der Waals surface area contributed by atoms with Gasteiger partial charge in [0, 0.05) is 17.6 Å². The van der Waals surface area contributed by atoms with E-state index < -0.39 is 5.60 Å². The van der Waals surface area contributed by atoms with Gasteiger partial charge in [0.05, 0.1) is 12.1 Å². The summed E-state index contributed by atoms with van der Waals surface area (Å²) < 4.78 is 12.6. The lowest BCUT2D eigenvalue weighted by Crippen LogP contribution is -2.53. The van der Waals surface area contributed by atoms with E-state index in [1.807, 2.05) is 25.7 Å². The Labute approximate surface area is 149 Å². The van der Waals surface area contributed by atoms with Crippen LogP contribution in [0.3, 0.4) is 0 Å². The van der Waals surface area contributed by atoms with Crippen LogP contribution >= 0.6 is 22.6 Å². The molecule has 0 aromatic heterocycles. The van der Waals surface area contributed by atoms with Crippen molar-refractivity contribution < 1.29 is 14.3 Å². The van der Waals surface area contributed by atoms with Crippen molar-refractivity contribution in [1.29, 1.82) is 0 Å². The highest BCUT2D eigenvalue weighted by Gasteiger charge is 2.38. The first-order chi connectivity index (χ1) is 10.2. The first-order valence-electron chi connectivity index (χ1n) is 8.35. The van der Waals surface area contributed by atoms with E-state index >= 15 is 0 Å². The summed E-state index contributed by atoms with van der Waals surface area (Å²) in [6.07, 6.45) is 4.06. The lowest BCUT2D eigenvalue weighted by molar-refractivity contribution is -0.0762. The molecule has 0 bridgehead atoms. The molecule has 0 aromatic carbocycles. The van der Waals surface area contributed by atoms with Gasteiger partial charge in [-0.2, -0.15) is 0 Å². The molecule has 1 unspecified atom stereocenters.